The van der Waals surface area contributed by atoms with E-state index >= 15 is 0 Å². The van der Waals surface area contributed by atoms with Crippen LogP contribution in [0.4, 0.5) is 0 Å². The maximum absolute atomic E-state index is 11.9. The van der Waals surface area contributed by atoms with Crippen molar-refractivity contribution in [1.29, 1.82) is 0 Å². The number of aryl methyl sites for hydroxylation is 1. The lowest BCUT2D eigenvalue weighted by Crippen LogP contribution is -2.29. The van der Waals surface area contributed by atoms with Crippen molar-refractivity contribution >= 4 is 11.8 Å². The third kappa shape index (κ3) is 5.21. The van der Waals surface area contributed by atoms with Crippen LogP contribution in [-0.4, -0.2) is 18.4 Å². The molecule has 4 nitrogen and oxygen atoms in total. The molecule has 4 heteroatoms. The summed E-state index contributed by atoms with van der Waals surface area (Å²) in [6.07, 6.45) is 3.16. The van der Waals surface area contributed by atoms with Gasteiger partial charge >= 0.3 is 0 Å². The Morgan fingerprint density at radius 1 is 1.24 bits per heavy atom. The number of hydrogen-bond donors (Lipinski definition) is 2. The van der Waals surface area contributed by atoms with E-state index in [1.54, 1.807) is 0 Å². The summed E-state index contributed by atoms with van der Waals surface area (Å²) < 4.78 is 0. The number of carbonyl (C=O) groups is 2. The summed E-state index contributed by atoms with van der Waals surface area (Å²) in [6.45, 7) is 4.61. The van der Waals surface area contributed by atoms with Gasteiger partial charge in [-0.2, -0.15) is 0 Å². The molecule has 1 aromatic carbocycles. The minimum atomic E-state index is 0.0131. The zero-order valence-corrected chi connectivity index (χ0v) is 12.8. The Kier molecular flexibility index (Phi) is 5.37. The van der Waals surface area contributed by atoms with Gasteiger partial charge in [-0.1, -0.05) is 29.8 Å². The number of amides is 2. The monoisotopic (exact) mass is 288 g/mol. The van der Waals surface area contributed by atoms with Gasteiger partial charge in [-0.25, -0.2) is 0 Å². The fourth-order valence-corrected chi connectivity index (χ4v) is 2.20. The van der Waals surface area contributed by atoms with E-state index in [9.17, 15) is 9.59 Å². The van der Waals surface area contributed by atoms with Crippen LogP contribution in [-0.2, 0) is 9.59 Å². The number of benzene rings is 1. The molecule has 1 unspecified atom stereocenters. The SMILES string of the molecule is Cc1ccc(C(C)NC(=O)CCCNC(=O)C2CC2)cc1. The second-order valence-electron chi connectivity index (χ2n) is 5.87. The van der Waals surface area contributed by atoms with Crippen molar-refractivity contribution < 1.29 is 9.59 Å². The summed E-state index contributed by atoms with van der Waals surface area (Å²) in [5, 5.41) is 5.86. The Labute approximate surface area is 126 Å². The highest BCUT2D eigenvalue weighted by atomic mass is 16.2. The predicted molar refractivity (Wildman–Crippen MR) is 82.7 cm³/mol. The van der Waals surface area contributed by atoms with Crippen LogP contribution in [0, 0.1) is 12.8 Å². The van der Waals surface area contributed by atoms with Crippen molar-refractivity contribution in [3.63, 3.8) is 0 Å². The van der Waals surface area contributed by atoms with Gasteiger partial charge in [0, 0.05) is 18.9 Å². The first-order valence-corrected chi connectivity index (χ1v) is 7.70. The Morgan fingerprint density at radius 3 is 2.52 bits per heavy atom. The molecule has 0 bridgehead atoms. The average Bonchev–Trinajstić information content (AvgIpc) is 3.28. The van der Waals surface area contributed by atoms with Crippen molar-refractivity contribution in [3.8, 4) is 0 Å². The summed E-state index contributed by atoms with van der Waals surface area (Å²) in [6, 6.07) is 8.18. The van der Waals surface area contributed by atoms with E-state index in [4.69, 9.17) is 0 Å². The highest BCUT2D eigenvalue weighted by Crippen LogP contribution is 2.28. The van der Waals surface area contributed by atoms with Crippen LogP contribution in [0.1, 0.15) is 49.8 Å². The zero-order valence-electron chi connectivity index (χ0n) is 12.8. The minimum Gasteiger partial charge on any atom is -0.356 e. The molecule has 1 aliphatic carbocycles. The Hall–Kier alpha value is -1.84. The molecule has 2 amide bonds. The van der Waals surface area contributed by atoms with Gasteiger partial charge in [0.2, 0.25) is 11.8 Å². The summed E-state index contributed by atoms with van der Waals surface area (Å²) in [7, 11) is 0. The lowest BCUT2D eigenvalue weighted by atomic mass is 10.1. The molecule has 0 radical (unpaired) electrons. The highest BCUT2D eigenvalue weighted by molar-refractivity contribution is 5.81. The number of nitrogens with one attached hydrogen (secondary N) is 2. The summed E-state index contributed by atoms with van der Waals surface area (Å²) >= 11 is 0. The van der Waals surface area contributed by atoms with Crippen LogP contribution >= 0.6 is 0 Å². The second-order valence-corrected chi connectivity index (χ2v) is 5.87. The van der Waals surface area contributed by atoms with E-state index < -0.39 is 0 Å². The molecule has 114 valence electrons. The van der Waals surface area contributed by atoms with Crippen molar-refractivity contribution in [2.24, 2.45) is 5.92 Å². The smallest absolute Gasteiger partial charge is 0.223 e. The number of carbonyl (C=O) groups excluding carboxylic acids is 2. The Balaban J connectivity index is 1.64. The van der Waals surface area contributed by atoms with Crippen LogP contribution in [0.15, 0.2) is 24.3 Å². The largest absolute Gasteiger partial charge is 0.356 e. The van der Waals surface area contributed by atoms with Crippen molar-refractivity contribution in [3.05, 3.63) is 35.4 Å². The lowest BCUT2D eigenvalue weighted by Gasteiger charge is -2.14. The first-order chi connectivity index (χ1) is 10.1. The first-order valence-electron chi connectivity index (χ1n) is 7.70. The molecule has 1 aromatic rings. The maximum atomic E-state index is 11.9. The van der Waals surface area contributed by atoms with E-state index in [1.807, 2.05) is 38.1 Å². The van der Waals surface area contributed by atoms with Gasteiger partial charge in [0.1, 0.15) is 0 Å². The minimum absolute atomic E-state index is 0.0131. The van der Waals surface area contributed by atoms with E-state index in [0.29, 0.717) is 19.4 Å². The van der Waals surface area contributed by atoms with Gasteiger partial charge in [0.05, 0.1) is 6.04 Å². The molecular weight excluding hydrogens is 264 g/mol. The van der Waals surface area contributed by atoms with Gasteiger partial charge in [-0.3, -0.25) is 9.59 Å². The van der Waals surface area contributed by atoms with Gasteiger partial charge in [-0.05, 0) is 38.7 Å². The Morgan fingerprint density at radius 2 is 1.90 bits per heavy atom. The summed E-state index contributed by atoms with van der Waals surface area (Å²) in [5.74, 6) is 0.410. The van der Waals surface area contributed by atoms with Crippen LogP contribution in [0.2, 0.25) is 0 Å². The van der Waals surface area contributed by atoms with Crippen molar-refractivity contribution in [2.75, 3.05) is 6.54 Å². The quantitative estimate of drug-likeness (QED) is 0.757. The first kappa shape index (κ1) is 15.5. The zero-order chi connectivity index (χ0) is 15.2. The fourth-order valence-electron chi connectivity index (χ4n) is 2.20. The molecule has 0 heterocycles. The molecule has 2 N–H and O–H groups in total. The fraction of sp³-hybridized carbons (Fsp3) is 0.529. The van der Waals surface area contributed by atoms with Gasteiger partial charge in [0.15, 0.2) is 0 Å². The molecular formula is C17H24N2O2. The third-order valence-electron chi connectivity index (χ3n) is 3.78. The maximum Gasteiger partial charge on any atom is 0.223 e. The van der Waals surface area contributed by atoms with E-state index in [1.165, 1.54) is 5.56 Å². The van der Waals surface area contributed by atoms with Crippen LogP contribution in [0.25, 0.3) is 0 Å². The van der Waals surface area contributed by atoms with E-state index in [0.717, 1.165) is 18.4 Å². The second kappa shape index (κ2) is 7.25. The number of rotatable bonds is 7. The molecule has 1 atom stereocenters. The molecule has 0 spiro atoms. The molecule has 1 fully saturated rings. The molecule has 1 aliphatic rings. The van der Waals surface area contributed by atoms with Crippen LogP contribution < -0.4 is 10.6 Å². The molecule has 21 heavy (non-hydrogen) atoms. The summed E-state index contributed by atoms with van der Waals surface area (Å²) in [4.78, 5) is 23.3. The van der Waals surface area contributed by atoms with Gasteiger partial charge in [-0.15, -0.1) is 0 Å². The van der Waals surface area contributed by atoms with Gasteiger partial charge < -0.3 is 10.6 Å². The van der Waals surface area contributed by atoms with Gasteiger partial charge in [0.25, 0.3) is 0 Å². The lowest BCUT2D eigenvalue weighted by molar-refractivity contribution is -0.123. The van der Waals surface area contributed by atoms with Crippen LogP contribution in [0.5, 0.6) is 0 Å². The van der Waals surface area contributed by atoms with E-state index in [-0.39, 0.29) is 23.8 Å². The average molecular weight is 288 g/mol. The highest BCUT2D eigenvalue weighted by Gasteiger charge is 2.28. The normalized spacial score (nSPS) is 15.3. The third-order valence-corrected chi connectivity index (χ3v) is 3.78. The predicted octanol–water partition coefficient (Wildman–Crippen LogP) is 2.48. The standard InChI is InChI=1S/C17H24N2O2/c1-12-5-7-14(8-6-12)13(2)19-16(20)4-3-11-18-17(21)15-9-10-15/h5-8,13,15H,3-4,9-11H2,1-2H3,(H,18,21)(H,19,20). The Bertz CT molecular complexity index is 492. The number of hydrogen-bond acceptors (Lipinski definition) is 2. The molecule has 0 aliphatic heterocycles. The van der Waals surface area contributed by atoms with Crippen LogP contribution in [0.3, 0.4) is 0 Å². The summed E-state index contributed by atoms with van der Waals surface area (Å²) in [5.41, 5.74) is 2.32. The molecule has 2 rings (SSSR count). The van der Waals surface area contributed by atoms with Crippen molar-refractivity contribution in [2.45, 2.75) is 45.6 Å². The van der Waals surface area contributed by atoms with E-state index in [2.05, 4.69) is 10.6 Å². The molecule has 0 aromatic heterocycles. The molecule has 0 saturated heterocycles. The van der Waals surface area contributed by atoms with Crippen molar-refractivity contribution in [1.82, 2.24) is 10.6 Å². The molecule has 1 saturated carbocycles. The topological polar surface area (TPSA) is 58.2 Å².